The second kappa shape index (κ2) is 9.81. The van der Waals surface area contributed by atoms with Gasteiger partial charge in [-0.25, -0.2) is 0 Å². The number of rotatable bonds is 10. The number of Topliss-reactive ketones (excluding diaryl/α,β-unsaturated/α-hetero) is 1. The van der Waals surface area contributed by atoms with Crippen LogP contribution in [0.1, 0.15) is 22.8 Å². The fourth-order valence-electron chi connectivity index (χ4n) is 2.25. The number of ketones is 1. The normalized spacial score (nSPS) is 11.8. The fourth-order valence-corrected chi connectivity index (χ4v) is 2.25. The number of ether oxygens (including phenoxy) is 2. The van der Waals surface area contributed by atoms with E-state index in [1.807, 2.05) is 36.5 Å². The zero-order valence-corrected chi connectivity index (χ0v) is 14.8. The number of carbonyl (C=O) groups is 1. The second-order valence-corrected chi connectivity index (χ2v) is 6.02. The van der Waals surface area contributed by atoms with Crippen LogP contribution in [0, 0.1) is 6.92 Å². The molecule has 0 amide bonds. The lowest BCUT2D eigenvalue weighted by molar-refractivity contribution is -0.661. The zero-order chi connectivity index (χ0) is 18.1. The molecule has 0 aromatic heterocycles. The first-order chi connectivity index (χ1) is 12.0. The first-order valence-corrected chi connectivity index (χ1v) is 8.47. The molecule has 0 aliphatic heterocycles. The fraction of sp³-hybridized carbons (Fsp3) is 0.350. The Kier molecular flexibility index (Phi) is 7.44. The van der Waals surface area contributed by atoms with E-state index < -0.39 is 6.10 Å². The van der Waals surface area contributed by atoms with Gasteiger partial charge in [-0.05, 0) is 50.2 Å². The molecule has 25 heavy (non-hydrogen) atoms. The summed E-state index contributed by atoms with van der Waals surface area (Å²) in [7, 11) is 0. The summed E-state index contributed by atoms with van der Waals surface area (Å²) in [6.07, 6.45) is -0.563. The lowest BCUT2D eigenvalue weighted by atomic mass is 10.1. The molecule has 2 aromatic carbocycles. The number of nitrogens with two attached hydrogens (primary N) is 1. The largest absolute Gasteiger partial charge is 0.491 e. The van der Waals surface area contributed by atoms with Crippen molar-refractivity contribution in [1.29, 1.82) is 0 Å². The van der Waals surface area contributed by atoms with Crippen LogP contribution in [0.4, 0.5) is 0 Å². The van der Waals surface area contributed by atoms with E-state index in [4.69, 9.17) is 9.47 Å². The molecule has 1 atom stereocenters. The average Bonchev–Trinajstić information content (AvgIpc) is 2.61. The third-order valence-electron chi connectivity index (χ3n) is 3.75. The Morgan fingerprint density at radius 3 is 2.28 bits per heavy atom. The SMILES string of the molecule is CC(=O)c1ccc(OC[C@H](O)C[NH2+]CCOc2ccc(C)cc2)cc1. The highest BCUT2D eigenvalue weighted by Crippen LogP contribution is 2.13. The van der Waals surface area contributed by atoms with Crippen molar-refractivity contribution in [3.63, 3.8) is 0 Å². The summed E-state index contributed by atoms with van der Waals surface area (Å²) < 4.78 is 11.2. The summed E-state index contributed by atoms with van der Waals surface area (Å²) in [5, 5.41) is 12.0. The summed E-state index contributed by atoms with van der Waals surface area (Å²) >= 11 is 0. The molecule has 0 bridgehead atoms. The van der Waals surface area contributed by atoms with Crippen LogP contribution in [0.15, 0.2) is 48.5 Å². The molecule has 134 valence electrons. The number of hydrogen-bond donors (Lipinski definition) is 2. The van der Waals surface area contributed by atoms with E-state index in [1.54, 1.807) is 24.3 Å². The van der Waals surface area contributed by atoms with Crippen LogP contribution in [0.3, 0.4) is 0 Å². The van der Waals surface area contributed by atoms with Gasteiger partial charge < -0.3 is 19.9 Å². The van der Waals surface area contributed by atoms with Gasteiger partial charge in [0.15, 0.2) is 5.78 Å². The number of aliphatic hydroxyl groups is 1. The van der Waals surface area contributed by atoms with E-state index >= 15 is 0 Å². The molecule has 0 radical (unpaired) electrons. The Hall–Kier alpha value is -2.37. The number of quaternary nitrogens is 1. The van der Waals surface area contributed by atoms with Gasteiger partial charge in [-0.2, -0.15) is 0 Å². The van der Waals surface area contributed by atoms with Crippen molar-refractivity contribution in [2.45, 2.75) is 20.0 Å². The van der Waals surface area contributed by atoms with Crippen LogP contribution in [-0.4, -0.2) is 43.3 Å². The first-order valence-electron chi connectivity index (χ1n) is 8.47. The Bertz CT molecular complexity index is 652. The molecule has 0 unspecified atom stereocenters. The molecule has 3 N–H and O–H groups in total. The molecule has 0 heterocycles. The summed E-state index contributed by atoms with van der Waals surface area (Å²) in [4.78, 5) is 11.2. The summed E-state index contributed by atoms with van der Waals surface area (Å²) in [5.41, 5.74) is 1.85. The molecular weight excluding hydrogens is 318 g/mol. The Balaban J connectivity index is 1.58. The Labute approximate surface area is 148 Å². The minimum atomic E-state index is -0.563. The topological polar surface area (TPSA) is 72.4 Å². The van der Waals surface area contributed by atoms with Crippen molar-refractivity contribution in [2.24, 2.45) is 0 Å². The van der Waals surface area contributed by atoms with Crippen LogP contribution in [0.5, 0.6) is 11.5 Å². The second-order valence-electron chi connectivity index (χ2n) is 6.02. The summed E-state index contributed by atoms with van der Waals surface area (Å²) in [5.74, 6) is 1.53. The van der Waals surface area contributed by atoms with Crippen LogP contribution in [0.25, 0.3) is 0 Å². The Morgan fingerprint density at radius 2 is 1.64 bits per heavy atom. The smallest absolute Gasteiger partial charge is 0.159 e. The summed E-state index contributed by atoms with van der Waals surface area (Å²) in [6, 6.07) is 14.9. The van der Waals surface area contributed by atoms with E-state index in [2.05, 4.69) is 0 Å². The van der Waals surface area contributed by atoms with Gasteiger partial charge in [0.25, 0.3) is 0 Å². The molecule has 0 saturated heterocycles. The van der Waals surface area contributed by atoms with Gasteiger partial charge >= 0.3 is 0 Å². The maximum absolute atomic E-state index is 11.2. The summed E-state index contributed by atoms with van der Waals surface area (Å²) in [6.45, 7) is 5.68. The van der Waals surface area contributed by atoms with Crippen LogP contribution in [0.2, 0.25) is 0 Å². The monoisotopic (exact) mass is 344 g/mol. The molecule has 0 spiro atoms. The van der Waals surface area contributed by atoms with Gasteiger partial charge in [0, 0.05) is 5.56 Å². The van der Waals surface area contributed by atoms with Gasteiger partial charge in [-0.1, -0.05) is 17.7 Å². The van der Waals surface area contributed by atoms with Gasteiger partial charge in [-0.3, -0.25) is 4.79 Å². The average molecular weight is 344 g/mol. The molecule has 0 aliphatic carbocycles. The maximum Gasteiger partial charge on any atom is 0.159 e. The van der Waals surface area contributed by atoms with Crippen molar-refractivity contribution >= 4 is 5.78 Å². The molecule has 0 aliphatic rings. The molecule has 0 saturated carbocycles. The van der Waals surface area contributed by atoms with Crippen LogP contribution >= 0.6 is 0 Å². The van der Waals surface area contributed by atoms with Gasteiger partial charge in [-0.15, -0.1) is 0 Å². The molecule has 2 aromatic rings. The standard InChI is InChI=1S/C20H25NO4/c1-15-3-7-19(8-4-15)24-12-11-21-13-18(23)14-25-20-9-5-17(6-10-20)16(2)22/h3-10,18,21,23H,11-14H2,1-2H3/p+1/t18-/m1/s1. The van der Waals surface area contributed by atoms with E-state index in [1.165, 1.54) is 12.5 Å². The van der Waals surface area contributed by atoms with Crippen molar-refractivity contribution < 1.29 is 24.7 Å². The van der Waals surface area contributed by atoms with E-state index in [-0.39, 0.29) is 12.4 Å². The minimum absolute atomic E-state index is 0.0223. The van der Waals surface area contributed by atoms with Crippen molar-refractivity contribution in [2.75, 3.05) is 26.3 Å². The Morgan fingerprint density at radius 1 is 1.04 bits per heavy atom. The van der Waals surface area contributed by atoms with E-state index in [0.717, 1.165) is 12.3 Å². The number of hydrogen-bond acceptors (Lipinski definition) is 4. The maximum atomic E-state index is 11.2. The molecule has 0 fully saturated rings. The molecular formula is C20H26NO4+. The number of benzene rings is 2. The highest BCUT2D eigenvalue weighted by atomic mass is 16.5. The molecule has 5 nitrogen and oxygen atoms in total. The van der Waals surface area contributed by atoms with Gasteiger partial charge in [0.05, 0.1) is 0 Å². The molecule has 2 rings (SSSR count). The van der Waals surface area contributed by atoms with Gasteiger partial charge in [0.1, 0.15) is 43.9 Å². The zero-order valence-electron chi connectivity index (χ0n) is 14.8. The quantitative estimate of drug-likeness (QED) is 0.507. The third-order valence-corrected chi connectivity index (χ3v) is 3.75. The van der Waals surface area contributed by atoms with Gasteiger partial charge in [0.2, 0.25) is 0 Å². The number of carbonyl (C=O) groups excluding carboxylic acids is 1. The number of aryl methyl sites for hydroxylation is 1. The third kappa shape index (κ3) is 6.95. The van der Waals surface area contributed by atoms with Crippen molar-refractivity contribution in [1.82, 2.24) is 0 Å². The predicted octanol–water partition coefficient (Wildman–Crippen LogP) is 1.58. The van der Waals surface area contributed by atoms with Crippen LogP contribution < -0.4 is 14.8 Å². The number of aliphatic hydroxyl groups excluding tert-OH is 1. The lowest BCUT2D eigenvalue weighted by Gasteiger charge is -2.12. The lowest BCUT2D eigenvalue weighted by Crippen LogP contribution is -2.87. The highest BCUT2D eigenvalue weighted by Gasteiger charge is 2.08. The van der Waals surface area contributed by atoms with E-state index in [9.17, 15) is 9.90 Å². The van der Waals surface area contributed by atoms with Crippen LogP contribution in [-0.2, 0) is 0 Å². The highest BCUT2D eigenvalue weighted by molar-refractivity contribution is 5.94. The molecule has 5 heteroatoms. The van der Waals surface area contributed by atoms with Crippen molar-refractivity contribution in [3.8, 4) is 11.5 Å². The van der Waals surface area contributed by atoms with E-state index in [0.29, 0.717) is 24.5 Å². The first kappa shape index (κ1) is 19.0. The minimum Gasteiger partial charge on any atom is -0.491 e. The van der Waals surface area contributed by atoms with Crippen molar-refractivity contribution in [3.05, 3.63) is 59.7 Å². The predicted molar refractivity (Wildman–Crippen MR) is 96.3 cm³/mol.